The summed E-state index contributed by atoms with van der Waals surface area (Å²) in [4.78, 5) is 0. The summed E-state index contributed by atoms with van der Waals surface area (Å²) in [6.45, 7) is 0. The Balaban J connectivity index is 1.93. The third-order valence-electron chi connectivity index (χ3n) is 3.44. The fraction of sp³-hybridized carbons (Fsp3) is 0.0476. The van der Waals surface area contributed by atoms with Gasteiger partial charge in [0, 0.05) is 5.56 Å². The molecular weight excluding hydrogens is 284 g/mol. The van der Waals surface area contributed by atoms with Crippen molar-refractivity contribution in [3.05, 3.63) is 96.1 Å². The second kappa shape index (κ2) is 7.32. The smallest absolute Gasteiger partial charge is 0.135 e. The predicted octanol–water partition coefficient (Wildman–Crippen LogP) is 5.27. The number of ether oxygens (including phenoxy) is 2. The standard InChI is InChI=1S/C21H18O2/c1-22-19-12-14-20(15-13-19)23-21(18-10-6-3-7-11-18)16-17-8-4-2-5-9-17/h2-16H,1H3/b21-16+. The van der Waals surface area contributed by atoms with Gasteiger partial charge in [0.15, 0.2) is 0 Å². The molecule has 0 aromatic heterocycles. The molecule has 3 aromatic rings. The van der Waals surface area contributed by atoms with Gasteiger partial charge in [-0.1, -0.05) is 60.7 Å². The number of hydrogen-bond acceptors (Lipinski definition) is 2. The summed E-state index contributed by atoms with van der Waals surface area (Å²) in [5, 5.41) is 0. The molecular formula is C21H18O2. The minimum atomic E-state index is 0.775. The van der Waals surface area contributed by atoms with Crippen LogP contribution in [0.3, 0.4) is 0 Å². The van der Waals surface area contributed by atoms with Crippen LogP contribution in [0.2, 0.25) is 0 Å². The quantitative estimate of drug-likeness (QED) is 0.472. The molecule has 3 rings (SSSR count). The fourth-order valence-corrected chi connectivity index (χ4v) is 2.25. The van der Waals surface area contributed by atoms with E-state index in [0.717, 1.165) is 28.4 Å². The highest BCUT2D eigenvalue weighted by atomic mass is 16.5. The minimum absolute atomic E-state index is 0.775. The first-order valence-corrected chi connectivity index (χ1v) is 7.49. The first-order valence-electron chi connectivity index (χ1n) is 7.49. The Morgan fingerprint density at radius 3 is 1.87 bits per heavy atom. The number of benzene rings is 3. The van der Waals surface area contributed by atoms with Gasteiger partial charge in [0.2, 0.25) is 0 Å². The molecule has 2 nitrogen and oxygen atoms in total. The molecule has 114 valence electrons. The van der Waals surface area contributed by atoms with Gasteiger partial charge >= 0.3 is 0 Å². The predicted molar refractivity (Wildman–Crippen MR) is 94.4 cm³/mol. The fourth-order valence-electron chi connectivity index (χ4n) is 2.25. The highest BCUT2D eigenvalue weighted by molar-refractivity contribution is 5.78. The molecule has 0 unspecified atom stereocenters. The SMILES string of the molecule is COc1ccc(O/C(=C/c2ccccc2)c2ccccc2)cc1. The van der Waals surface area contributed by atoms with Gasteiger partial charge in [0.25, 0.3) is 0 Å². The van der Waals surface area contributed by atoms with Crippen LogP contribution in [0.1, 0.15) is 11.1 Å². The van der Waals surface area contributed by atoms with Gasteiger partial charge in [0.1, 0.15) is 17.3 Å². The van der Waals surface area contributed by atoms with E-state index in [4.69, 9.17) is 9.47 Å². The second-order valence-corrected chi connectivity index (χ2v) is 5.06. The molecule has 23 heavy (non-hydrogen) atoms. The Morgan fingerprint density at radius 1 is 0.696 bits per heavy atom. The minimum Gasteiger partial charge on any atom is -0.497 e. The first kappa shape index (κ1) is 14.9. The van der Waals surface area contributed by atoms with Crippen LogP contribution in [-0.2, 0) is 0 Å². The van der Waals surface area contributed by atoms with Crippen molar-refractivity contribution in [2.75, 3.05) is 7.11 Å². The van der Waals surface area contributed by atoms with Crippen molar-refractivity contribution in [3.63, 3.8) is 0 Å². The van der Waals surface area contributed by atoms with E-state index in [-0.39, 0.29) is 0 Å². The van der Waals surface area contributed by atoms with Gasteiger partial charge in [-0.2, -0.15) is 0 Å². The molecule has 0 bridgehead atoms. The van der Waals surface area contributed by atoms with Gasteiger partial charge in [-0.05, 0) is 35.9 Å². The van der Waals surface area contributed by atoms with Gasteiger partial charge in [-0.3, -0.25) is 0 Å². The zero-order valence-corrected chi connectivity index (χ0v) is 13.0. The molecule has 0 amide bonds. The highest BCUT2D eigenvalue weighted by Crippen LogP contribution is 2.25. The monoisotopic (exact) mass is 302 g/mol. The van der Waals surface area contributed by atoms with Crippen molar-refractivity contribution in [1.82, 2.24) is 0 Å². The lowest BCUT2D eigenvalue weighted by atomic mass is 10.1. The Kier molecular flexibility index (Phi) is 4.75. The van der Waals surface area contributed by atoms with Gasteiger partial charge in [0.05, 0.1) is 7.11 Å². The molecule has 0 aliphatic rings. The van der Waals surface area contributed by atoms with Crippen molar-refractivity contribution in [2.24, 2.45) is 0 Å². The molecule has 0 radical (unpaired) electrons. The largest absolute Gasteiger partial charge is 0.497 e. The van der Waals surface area contributed by atoms with Crippen LogP contribution in [0.5, 0.6) is 11.5 Å². The molecule has 0 heterocycles. The summed E-state index contributed by atoms with van der Waals surface area (Å²) in [6, 6.07) is 27.8. The van der Waals surface area contributed by atoms with Gasteiger partial charge in [-0.25, -0.2) is 0 Å². The lowest BCUT2D eigenvalue weighted by molar-refractivity contribution is 0.413. The molecule has 0 spiro atoms. The van der Waals surface area contributed by atoms with E-state index in [1.807, 2.05) is 78.9 Å². The third-order valence-corrected chi connectivity index (χ3v) is 3.44. The van der Waals surface area contributed by atoms with Crippen LogP contribution < -0.4 is 9.47 Å². The molecule has 0 aliphatic heterocycles. The maximum absolute atomic E-state index is 6.11. The van der Waals surface area contributed by atoms with Gasteiger partial charge in [-0.15, -0.1) is 0 Å². The van der Waals surface area contributed by atoms with E-state index >= 15 is 0 Å². The summed E-state index contributed by atoms with van der Waals surface area (Å²) in [7, 11) is 1.65. The van der Waals surface area contributed by atoms with Crippen LogP contribution >= 0.6 is 0 Å². The number of hydrogen-bond donors (Lipinski definition) is 0. The van der Waals surface area contributed by atoms with Crippen molar-refractivity contribution in [1.29, 1.82) is 0 Å². The van der Waals surface area contributed by atoms with Gasteiger partial charge < -0.3 is 9.47 Å². The summed E-state index contributed by atoms with van der Waals surface area (Å²) in [6.07, 6.45) is 2.04. The summed E-state index contributed by atoms with van der Waals surface area (Å²) < 4.78 is 11.3. The maximum Gasteiger partial charge on any atom is 0.135 e. The molecule has 0 saturated heterocycles. The van der Waals surface area contributed by atoms with E-state index < -0.39 is 0 Å². The van der Waals surface area contributed by atoms with E-state index in [9.17, 15) is 0 Å². The molecule has 3 aromatic carbocycles. The lowest BCUT2D eigenvalue weighted by Gasteiger charge is -2.11. The van der Waals surface area contributed by atoms with Crippen molar-refractivity contribution < 1.29 is 9.47 Å². The van der Waals surface area contributed by atoms with Crippen molar-refractivity contribution >= 4 is 11.8 Å². The highest BCUT2D eigenvalue weighted by Gasteiger charge is 2.05. The third kappa shape index (κ3) is 4.01. The molecule has 0 aliphatic carbocycles. The van der Waals surface area contributed by atoms with Crippen molar-refractivity contribution in [3.8, 4) is 11.5 Å². The Bertz CT molecular complexity index is 760. The van der Waals surface area contributed by atoms with Crippen LogP contribution in [0.4, 0.5) is 0 Å². The molecule has 0 N–H and O–H groups in total. The van der Waals surface area contributed by atoms with Crippen LogP contribution in [0.15, 0.2) is 84.9 Å². The summed E-state index contributed by atoms with van der Waals surface area (Å²) in [5.74, 6) is 2.39. The molecule has 0 atom stereocenters. The zero-order chi connectivity index (χ0) is 15.9. The normalized spacial score (nSPS) is 11.1. The van der Waals surface area contributed by atoms with Crippen LogP contribution in [0.25, 0.3) is 11.8 Å². The maximum atomic E-state index is 6.11. The van der Waals surface area contributed by atoms with E-state index in [1.165, 1.54) is 0 Å². The lowest BCUT2D eigenvalue weighted by Crippen LogP contribution is -1.95. The topological polar surface area (TPSA) is 18.5 Å². The molecule has 2 heteroatoms. The Morgan fingerprint density at radius 2 is 1.26 bits per heavy atom. The Hall–Kier alpha value is -3.00. The average Bonchev–Trinajstić information content (AvgIpc) is 2.63. The van der Waals surface area contributed by atoms with Crippen LogP contribution in [-0.4, -0.2) is 7.11 Å². The zero-order valence-electron chi connectivity index (χ0n) is 13.0. The Labute approximate surface area is 136 Å². The second-order valence-electron chi connectivity index (χ2n) is 5.06. The molecule has 0 saturated carbocycles. The summed E-state index contributed by atoms with van der Waals surface area (Å²) in [5.41, 5.74) is 2.13. The van der Waals surface area contributed by atoms with Crippen LogP contribution in [0, 0.1) is 0 Å². The van der Waals surface area contributed by atoms with E-state index in [1.54, 1.807) is 7.11 Å². The summed E-state index contributed by atoms with van der Waals surface area (Å²) >= 11 is 0. The van der Waals surface area contributed by atoms with E-state index in [0.29, 0.717) is 0 Å². The number of rotatable bonds is 5. The van der Waals surface area contributed by atoms with E-state index in [2.05, 4.69) is 12.1 Å². The first-order chi connectivity index (χ1) is 11.3. The van der Waals surface area contributed by atoms with Crippen molar-refractivity contribution in [2.45, 2.75) is 0 Å². The average molecular weight is 302 g/mol. The number of methoxy groups -OCH3 is 1. The molecule has 0 fully saturated rings.